The van der Waals surface area contributed by atoms with E-state index in [1.54, 1.807) is 52.2 Å². The van der Waals surface area contributed by atoms with Crippen LogP contribution in [-0.4, -0.2) is 115 Å². The molecule has 13 nitrogen and oxygen atoms in total. The molecule has 5 amide bonds. The Morgan fingerprint density at radius 1 is 1.02 bits per heavy atom. The van der Waals surface area contributed by atoms with Crippen LogP contribution in [0.25, 0.3) is 0 Å². The van der Waals surface area contributed by atoms with Gasteiger partial charge in [-0.1, -0.05) is 41.5 Å². The van der Waals surface area contributed by atoms with Gasteiger partial charge in [0.2, 0.25) is 34.2 Å². The second kappa shape index (κ2) is 16.8. The first kappa shape index (κ1) is 40.8. The Balaban J connectivity index is 2.25. The number of nitrogens with one attached hydrogen (secondary N) is 3. The van der Waals surface area contributed by atoms with Crippen molar-refractivity contribution in [1.29, 1.82) is 0 Å². The first-order valence-corrected chi connectivity index (χ1v) is 18.0. The van der Waals surface area contributed by atoms with Gasteiger partial charge in [-0.3, -0.25) is 19.4 Å². The molecule has 1 fully saturated rings. The van der Waals surface area contributed by atoms with Crippen molar-refractivity contribution < 1.29 is 36.4 Å². The Bertz CT molecular complexity index is 1370. The van der Waals surface area contributed by atoms with Crippen LogP contribution < -0.4 is 16.0 Å². The minimum atomic E-state index is -3.53. The zero-order valence-corrected chi connectivity index (χ0v) is 30.4. The number of hydrogen-bond acceptors (Lipinski definition) is 7. The van der Waals surface area contributed by atoms with Gasteiger partial charge >= 0.3 is 6.03 Å². The maximum atomic E-state index is 14.0. The third kappa shape index (κ3) is 11.9. The highest BCUT2D eigenvalue weighted by molar-refractivity contribution is 7.88. The smallest absolute Gasteiger partial charge is 0.315 e. The number of likely N-dealkylation sites (tertiary alicyclic amines) is 1. The number of carbonyl (C=O) groups excluding carboxylic acids is 4. The molecule has 0 aliphatic carbocycles. The maximum absolute atomic E-state index is 14.0. The van der Waals surface area contributed by atoms with Crippen molar-refractivity contribution in [1.82, 2.24) is 35.0 Å². The summed E-state index contributed by atoms with van der Waals surface area (Å²) >= 11 is 0. The molecule has 0 spiro atoms. The van der Waals surface area contributed by atoms with Gasteiger partial charge in [0.15, 0.2) is 0 Å². The number of nitrogens with zero attached hydrogens (tertiary/aromatic N) is 4. The number of pyridine rings is 1. The van der Waals surface area contributed by atoms with E-state index in [9.17, 15) is 36.4 Å². The van der Waals surface area contributed by atoms with Gasteiger partial charge in [0.25, 0.3) is 0 Å². The van der Waals surface area contributed by atoms with Crippen LogP contribution in [0.1, 0.15) is 73.3 Å². The molecule has 0 saturated carbocycles. The van der Waals surface area contributed by atoms with Crippen molar-refractivity contribution in [2.24, 2.45) is 10.8 Å². The van der Waals surface area contributed by atoms with Gasteiger partial charge in [-0.25, -0.2) is 26.3 Å². The molecule has 0 unspecified atom stereocenters. The normalized spacial score (nSPS) is 17.5. The molecule has 4 atom stereocenters. The number of halogens is 2. The summed E-state index contributed by atoms with van der Waals surface area (Å²) in [5.41, 5.74) is -0.620. The molecule has 48 heavy (non-hydrogen) atoms. The monoisotopic (exact) mass is 701 g/mol. The van der Waals surface area contributed by atoms with Crippen LogP contribution in [0.5, 0.6) is 0 Å². The lowest BCUT2D eigenvalue weighted by Crippen LogP contribution is -2.62. The molecular weight excluding hydrogens is 648 g/mol. The van der Waals surface area contributed by atoms with Crippen molar-refractivity contribution in [3.63, 3.8) is 0 Å². The number of rotatable bonds is 14. The zero-order chi connectivity index (χ0) is 36.6. The summed E-state index contributed by atoms with van der Waals surface area (Å²) in [5.74, 6) is -1.94. The third-order valence-corrected chi connectivity index (χ3v) is 9.71. The first-order chi connectivity index (χ1) is 22.1. The molecule has 1 saturated heterocycles. The van der Waals surface area contributed by atoms with Gasteiger partial charge in [0.1, 0.15) is 18.1 Å². The van der Waals surface area contributed by atoms with Gasteiger partial charge in [0.05, 0.1) is 6.26 Å². The summed E-state index contributed by atoms with van der Waals surface area (Å²) in [6, 6.07) is -1.56. The highest BCUT2D eigenvalue weighted by Gasteiger charge is 2.43. The predicted octanol–water partition coefficient (Wildman–Crippen LogP) is 2.58. The Hall–Kier alpha value is -3.40. The predicted molar refractivity (Wildman–Crippen MR) is 178 cm³/mol. The number of urea groups is 1. The number of likely N-dealkylation sites (N-methyl/N-ethyl adjacent to an activating group) is 2. The number of alkyl halides is 2. The van der Waals surface area contributed by atoms with Gasteiger partial charge < -0.3 is 25.8 Å². The molecule has 1 aromatic heterocycles. The van der Waals surface area contributed by atoms with E-state index in [4.69, 9.17) is 0 Å². The van der Waals surface area contributed by atoms with Gasteiger partial charge in [0, 0.05) is 58.1 Å². The van der Waals surface area contributed by atoms with E-state index in [0.29, 0.717) is 6.42 Å². The molecule has 0 radical (unpaired) electrons. The van der Waals surface area contributed by atoms with Crippen LogP contribution in [-0.2, 0) is 31.0 Å². The van der Waals surface area contributed by atoms with Crippen LogP contribution in [0.2, 0.25) is 0 Å². The molecule has 3 N–H and O–H groups in total. The highest BCUT2D eigenvalue weighted by atomic mass is 32.2. The van der Waals surface area contributed by atoms with E-state index in [1.165, 1.54) is 16.8 Å². The minimum Gasteiger partial charge on any atom is -0.342 e. The molecule has 0 bridgehead atoms. The number of aromatic nitrogens is 1. The quantitative estimate of drug-likeness (QED) is 0.269. The summed E-state index contributed by atoms with van der Waals surface area (Å²) in [4.78, 5) is 60.9. The van der Waals surface area contributed by atoms with E-state index in [0.717, 1.165) is 16.1 Å². The fourth-order valence-corrected chi connectivity index (χ4v) is 5.74. The summed E-state index contributed by atoms with van der Waals surface area (Å²) in [6.45, 7) is 13.0. The second-order valence-electron chi connectivity index (χ2n) is 14.5. The topological polar surface area (TPSA) is 161 Å². The first-order valence-electron chi connectivity index (χ1n) is 16.1. The Morgan fingerprint density at radius 3 is 2.12 bits per heavy atom. The van der Waals surface area contributed by atoms with E-state index in [-0.39, 0.29) is 32.6 Å². The van der Waals surface area contributed by atoms with Crippen molar-refractivity contribution in [2.75, 3.05) is 32.9 Å². The highest BCUT2D eigenvalue weighted by Crippen LogP contribution is 2.27. The Labute approximate surface area is 283 Å². The van der Waals surface area contributed by atoms with E-state index in [2.05, 4.69) is 20.9 Å². The van der Waals surface area contributed by atoms with Crippen LogP contribution in [0, 0.1) is 10.8 Å². The van der Waals surface area contributed by atoms with Crippen LogP contribution in [0.4, 0.5) is 13.6 Å². The van der Waals surface area contributed by atoms with E-state index >= 15 is 0 Å². The number of sulfonamides is 1. The van der Waals surface area contributed by atoms with Crippen molar-refractivity contribution in [2.45, 2.75) is 105 Å². The van der Waals surface area contributed by atoms with Gasteiger partial charge in [-0.2, -0.15) is 0 Å². The van der Waals surface area contributed by atoms with E-state index < -0.39 is 81.6 Å². The largest absolute Gasteiger partial charge is 0.342 e. The Morgan fingerprint density at radius 2 is 1.62 bits per heavy atom. The number of carbonyl (C=O) groups is 4. The van der Waals surface area contributed by atoms with Crippen LogP contribution in [0.15, 0.2) is 24.5 Å². The van der Waals surface area contributed by atoms with Crippen molar-refractivity contribution in [3.05, 3.63) is 30.1 Å². The van der Waals surface area contributed by atoms with E-state index in [1.807, 2.05) is 20.8 Å². The average molecular weight is 702 g/mol. The van der Waals surface area contributed by atoms with Crippen LogP contribution in [0.3, 0.4) is 0 Å². The summed E-state index contributed by atoms with van der Waals surface area (Å²) in [7, 11) is -2.12. The molecule has 1 aromatic rings. The lowest BCUT2D eigenvalue weighted by Gasteiger charge is -2.37. The molecular formula is C32H53F2N7O6S. The molecule has 0 aromatic carbocycles. The Kier molecular flexibility index (Phi) is 14.3. The number of amides is 5. The molecule has 16 heteroatoms. The summed E-state index contributed by atoms with van der Waals surface area (Å²) < 4.78 is 52.5. The fourth-order valence-electron chi connectivity index (χ4n) is 5.32. The SMILES string of the molecule is CCN(Cc1ccncc1)C(=O)[C@H](CC(F)F)NC(=O)[C@@H]1CCCN1C(=O)[C@@H](NC(=O)N[C@H](CN(C)S(C)(=O)=O)C(C)(C)C)C(C)(C)C. The fraction of sp³-hybridized carbons (Fsp3) is 0.719. The second-order valence-corrected chi connectivity index (χ2v) is 16.6. The molecule has 2 rings (SSSR count). The summed E-state index contributed by atoms with van der Waals surface area (Å²) in [5, 5.41) is 8.04. The van der Waals surface area contributed by atoms with Gasteiger partial charge in [-0.05, 0) is 48.3 Å². The molecule has 1 aliphatic rings. The number of hydrogen-bond donors (Lipinski definition) is 3. The molecule has 272 valence electrons. The van der Waals surface area contributed by atoms with Gasteiger partial charge in [-0.15, -0.1) is 0 Å². The maximum Gasteiger partial charge on any atom is 0.315 e. The minimum absolute atomic E-state index is 0.00518. The lowest BCUT2D eigenvalue weighted by molar-refractivity contribution is -0.143. The molecule has 2 heterocycles. The van der Waals surface area contributed by atoms with Crippen molar-refractivity contribution >= 4 is 33.8 Å². The van der Waals surface area contributed by atoms with Crippen molar-refractivity contribution in [3.8, 4) is 0 Å². The zero-order valence-electron chi connectivity index (χ0n) is 29.5. The standard InChI is InChI=1S/C32H53F2N7O6S/c1-10-40(19-21-13-15-35-16-14-21)28(43)22(18-25(33)34)36-27(42)23-12-11-17-41(23)29(44)26(32(5,6)7)38-30(45)37-24(31(2,3)4)20-39(8)48(9,46)47/h13-16,22-26H,10-12,17-20H2,1-9H3,(H,36,42)(H2,37,38,45)/t22-,23-,24+,26+/m0/s1. The molecule has 1 aliphatic heterocycles. The van der Waals surface area contributed by atoms with Crippen LogP contribution >= 0.6 is 0 Å². The third-order valence-electron chi connectivity index (χ3n) is 8.43. The lowest BCUT2D eigenvalue weighted by atomic mass is 9.85. The summed E-state index contributed by atoms with van der Waals surface area (Å²) in [6.07, 6.45) is 1.11. The average Bonchev–Trinajstić information content (AvgIpc) is 3.46.